The quantitative estimate of drug-likeness (QED) is 0.734. The smallest absolute Gasteiger partial charge is 0.178 e. The summed E-state index contributed by atoms with van der Waals surface area (Å²) < 4.78 is 5.23. The zero-order chi connectivity index (χ0) is 13.2. The lowest BCUT2D eigenvalue weighted by molar-refractivity contribution is 0.424. The SMILES string of the molecule is Oc1ccc(-c2oncc2-c2ccccc2)c(O)c1. The predicted octanol–water partition coefficient (Wildman–Crippen LogP) is 3.42. The average Bonchev–Trinajstić information content (AvgIpc) is 2.89. The zero-order valence-corrected chi connectivity index (χ0v) is 9.95. The number of phenols is 2. The van der Waals surface area contributed by atoms with Gasteiger partial charge in [-0.2, -0.15) is 0 Å². The third-order valence-electron chi connectivity index (χ3n) is 2.88. The van der Waals surface area contributed by atoms with Crippen LogP contribution in [0.2, 0.25) is 0 Å². The summed E-state index contributed by atoms with van der Waals surface area (Å²) in [5, 5.41) is 23.0. The molecule has 0 amide bonds. The summed E-state index contributed by atoms with van der Waals surface area (Å²) in [5.41, 5.74) is 2.24. The maximum Gasteiger partial charge on any atom is 0.178 e. The topological polar surface area (TPSA) is 66.5 Å². The van der Waals surface area contributed by atoms with Crippen LogP contribution in [0.25, 0.3) is 22.5 Å². The minimum Gasteiger partial charge on any atom is -0.508 e. The Balaban J connectivity index is 2.15. The zero-order valence-electron chi connectivity index (χ0n) is 9.95. The van der Waals surface area contributed by atoms with Crippen LogP contribution in [0.4, 0.5) is 0 Å². The van der Waals surface area contributed by atoms with E-state index in [1.54, 1.807) is 12.3 Å². The molecular weight excluding hydrogens is 242 g/mol. The van der Waals surface area contributed by atoms with Gasteiger partial charge in [-0.1, -0.05) is 35.5 Å². The van der Waals surface area contributed by atoms with Crippen LogP contribution in [-0.4, -0.2) is 15.4 Å². The molecule has 0 aliphatic heterocycles. The van der Waals surface area contributed by atoms with Gasteiger partial charge < -0.3 is 14.7 Å². The molecule has 0 spiro atoms. The summed E-state index contributed by atoms with van der Waals surface area (Å²) in [6.45, 7) is 0. The Labute approximate surface area is 109 Å². The highest BCUT2D eigenvalue weighted by Crippen LogP contribution is 2.37. The van der Waals surface area contributed by atoms with E-state index < -0.39 is 0 Å². The lowest BCUT2D eigenvalue weighted by atomic mass is 10.0. The normalized spacial score (nSPS) is 10.5. The van der Waals surface area contributed by atoms with Crippen LogP contribution < -0.4 is 0 Å². The van der Waals surface area contributed by atoms with Crippen LogP contribution in [0.5, 0.6) is 11.5 Å². The molecule has 4 heteroatoms. The number of aromatic hydroxyl groups is 2. The molecule has 1 aromatic heterocycles. The molecule has 4 nitrogen and oxygen atoms in total. The van der Waals surface area contributed by atoms with Gasteiger partial charge >= 0.3 is 0 Å². The monoisotopic (exact) mass is 253 g/mol. The summed E-state index contributed by atoms with van der Waals surface area (Å²) in [6, 6.07) is 14.0. The number of phenolic OH excluding ortho intramolecular Hbond substituents is 2. The maximum absolute atomic E-state index is 9.89. The summed E-state index contributed by atoms with van der Waals surface area (Å²) in [5.74, 6) is 0.430. The van der Waals surface area contributed by atoms with E-state index in [9.17, 15) is 10.2 Å². The van der Waals surface area contributed by atoms with Crippen LogP contribution in [0.1, 0.15) is 0 Å². The molecule has 0 aliphatic rings. The molecule has 2 aromatic carbocycles. The summed E-state index contributed by atoms with van der Waals surface area (Å²) in [7, 11) is 0. The van der Waals surface area contributed by atoms with E-state index in [4.69, 9.17) is 4.52 Å². The molecule has 0 fully saturated rings. The van der Waals surface area contributed by atoms with E-state index in [1.165, 1.54) is 12.1 Å². The van der Waals surface area contributed by atoms with E-state index in [1.807, 2.05) is 30.3 Å². The van der Waals surface area contributed by atoms with Crippen LogP contribution in [0.3, 0.4) is 0 Å². The van der Waals surface area contributed by atoms with E-state index in [-0.39, 0.29) is 11.5 Å². The first-order valence-electron chi connectivity index (χ1n) is 5.78. The highest BCUT2D eigenvalue weighted by molar-refractivity contribution is 5.81. The second-order valence-corrected chi connectivity index (χ2v) is 4.14. The van der Waals surface area contributed by atoms with Gasteiger partial charge in [-0.25, -0.2) is 0 Å². The fourth-order valence-electron chi connectivity index (χ4n) is 1.97. The van der Waals surface area contributed by atoms with Crippen LogP contribution in [-0.2, 0) is 0 Å². The second-order valence-electron chi connectivity index (χ2n) is 4.14. The molecule has 0 unspecified atom stereocenters. The van der Waals surface area contributed by atoms with Gasteiger partial charge in [0.25, 0.3) is 0 Å². The molecule has 1 heterocycles. The highest BCUT2D eigenvalue weighted by Gasteiger charge is 2.16. The van der Waals surface area contributed by atoms with Gasteiger partial charge in [-0.05, 0) is 17.7 Å². The van der Waals surface area contributed by atoms with Crippen molar-refractivity contribution >= 4 is 0 Å². The average molecular weight is 253 g/mol. The van der Waals surface area contributed by atoms with Gasteiger partial charge in [-0.15, -0.1) is 0 Å². The first kappa shape index (κ1) is 11.3. The summed E-state index contributed by atoms with van der Waals surface area (Å²) >= 11 is 0. The van der Waals surface area contributed by atoms with Crippen molar-refractivity contribution in [2.24, 2.45) is 0 Å². The Morgan fingerprint density at radius 2 is 1.68 bits per heavy atom. The predicted molar refractivity (Wildman–Crippen MR) is 70.7 cm³/mol. The Morgan fingerprint density at radius 1 is 0.895 bits per heavy atom. The standard InChI is InChI=1S/C15H11NO3/c17-11-6-7-12(14(18)8-11)15-13(9-16-19-15)10-4-2-1-3-5-10/h1-9,17-18H. The largest absolute Gasteiger partial charge is 0.508 e. The van der Waals surface area contributed by atoms with Crippen molar-refractivity contribution in [1.29, 1.82) is 0 Å². The van der Waals surface area contributed by atoms with Gasteiger partial charge in [0.05, 0.1) is 11.8 Å². The van der Waals surface area contributed by atoms with Gasteiger partial charge in [0.15, 0.2) is 5.76 Å². The molecule has 3 rings (SSSR count). The van der Waals surface area contributed by atoms with Crippen LogP contribution in [0, 0.1) is 0 Å². The highest BCUT2D eigenvalue weighted by atomic mass is 16.5. The van der Waals surface area contributed by atoms with Gasteiger partial charge in [0.1, 0.15) is 11.5 Å². The first-order chi connectivity index (χ1) is 9.25. The number of benzene rings is 2. The molecule has 2 N–H and O–H groups in total. The van der Waals surface area contributed by atoms with Gasteiger partial charge in [0.2, 0.25) is 0 Å². The van der Waals surface area contributed by atoms with Gasteiger partial charge in [0, 0.05) is 11.6 Å². The van der Waals surface area contributed by atoms with Crippen molar-refractivity contribution in [3.05, 3.63) is 54.7 Å². The Hall–Kier alpha value is -2.75. The first-order valence-corrected chi connectivity index (χ1v) is 5.78. The van der Waals surface area contributed by atoms with Crippen molar-refractivity contribution in [2.75, 3.05) is 0 Å². The third kappa shape index (κ3) is 2.04. The minimum atomic E-state index is -0.0473. The Kier molecular flexibility index (Phi) is 2.68. The van der Waals surface area contributed by atoms with Crippen molar-refractivity contribution in [3.63, 3.8) is 0 Å². The molecule has 19 heavy (non-hydrogen) atoms. The van der Waals surface area contributed by atoms with Crippen molar-refractivity contribution in [2.45, 2.75) is 0 Å². The summed E-state index contributed by atoms with van der Waals surface area (Å²) in [6.07, 6.45) is 1.61. The van der Waals surface area contributed by atoms with Crippen molar-refractivity contribution in [3.8, 4) is 33.9 Å². The van der Waals surface area contributed by atoms with E-state index >= 15 is 0 Å². The van der Waals surface area contributed by atoms with Crippen molar-refractivity contribution in [1.82, 2.24) is 5.16 Å². The molecule has 94 valence electrons. The molecular formula is C15H11NO3. The molecule has 0 radical (unpaired) electrons. The summed E-state index contributed by atoms with van der Waals surface area (Å²) in [4.78, 5) is 0. The molecule has 0 saturated heterocycles. The molecule has 0 aliphatic carbocycles. The van der Waals surface area contributed by atoms with Crippen LogP contribution >= 0.6 is 0 Å². The number of nitrogens with zero attached hydrogens (tertiary/aromatic N) is 1. The number of hydrogen-bond donors (Lipinski definition) is 2. The lowest BCUT2D eigenvalue weighted by Gasteiger charge is -2.04. The van der Waals surface area contributed by atoms with E-state index in [2.05, 4.69) is 5.16 Å². The Bertz CT molecular complexity index is 704. The minimum absolute atomic E-state index is 0.00188. The number of hydrogen-bond acceptors (Lipinski definition) is 4. The van der Waals surface area contributed by atoms with E-state index in [0.717, 1.165) is 11.1 Å². The van der Waals surface area contributed by atoms with E-state index in [0.29, 0.717) is 11.3 Å². The lowest BCUT2D eigenvalue weighted by Crippen LogP contribution is -1.81. The molecule has 0 bridgehead atoms. The van der Waals surface area contributed by atoms with Crippen molar-refractivity contribution < 1.29 is 14.7 Å². The Morgan fingerprint density at radius 3 is 2.42 bits per heavy atom. The maximum atomic E-state index is 9.89. The molecule has 3 aromatic rings. The second kappa shape index (κ2) is 4.49. The molecule has 0 atom stereocenters. The fourth-order valence-corrected chi connectivity index (χ4v) is 1.97. The number of rotatable bonds is 2. The number of aromatic nitrogens is 1. The third-order valence-corrected chi connectivity index (χ3v) is 2.88. The van der Waals surface area contributed by atoms with Gasteiger partial charge in [-0.3, -0.25) is 0 Å². The fraction of sp³-hybridized carbons (Fsp3) is 0. The molecule has 0 saturated carbocycles. The van der Waals surface area contributed by atoms with Crippen LogP contribution in [0.15, 0.2) is 59.3 Å².